The predicted octanol–water partition coefficient (Wildman–Crippen LogP) is 4.21. The molecule has 0 bridgehead atoms. The molecular formula is C17H20N2O2. The summed E-state index contributed by atoms with van der Waals surface area (Å²) < 4.78 is 6.72. The molecule has 4 nitrogen and oxygen atoms in total. The summed E-state index contributed by atoms with van der Waals surface area (Å²) in [5.74, 6) is 0.476. The van der Waals surface area contributed by atoms with E-state index in [9.17, 15) is 4.79 Å². The zero-order chi connectivity index (χ0) is 15.0. The number of ether oxygens (including phenoxy) is 1. The summed E-state index contributed by atoms with van der Waals surface area (Å²) in [6.45, 7) is 5.57. The van der Waals surface area contributed by atoms with Gasteiger partial charge in [-0.1, -0.05) is 30.3 Å². The third-order valence-corrected chi connectivity index (χ3v) is 3.37. The van der Waals surface area contributed by atoms with Crippen molar-refractivity contribution in [1.29, 1.82) is 0 Å². The van der Waals surface area contributed by atoms with Crippen LogP contribution in [0.3, 0.4) is 0 Å². The van der Waals surface area contributed by atoms with Gasteiger partial charge in [0.15, 0.2) is 0 Å². The Kier molecular flexibility index (Phi) is 3.32. The highest BCUT2D eigenvalue weighted by Crippen LogP contribution is 2.43. The Morgan fingerprint density at radius 1 is 1.24 bits per heavy atom. The van der Waals surface area contributed by atoms with Gasteiger partial charge in [-0.3, -0.25) is 0 Å². The van der Waals surface area contributed by atoms with E-state index in [-0.39, 0.29) is 0 Å². The lowest BCUT2D eigenvalue weighted by Gasteiger charge is -2.18. The second-order valence-corrected chi connectivity index (χ2v) is 6.49. The summed E-state index contributed by atoms with van der Waals surface area (Å²) in [5.41, 5.74) is 2.61. The molecule has 0 atom stereocenters. The zero-order valence-corrected chi connectivity index (χ0v) is 12.7. The Morgan fingerprint density at radius 3 is 2.48 bits per heavy atom. The maximum absolute atomic E-state index is 12.2. The monoisotopic (exact) mass is 284 g/mol. The van der Waals surface area contributed by atoms with Gasteiger partial charge in [0.25, 0.3) is 0 Å². The summed E-state index contributed by atoms with van der Waals surface area (Å²) >= 11 is 0. The summed E-state index contributed by atoms with van der Waals surface area (Å²) in [4.78, 5) is 12.2. The van der Waals surface area contributed by atoms with Gasteiger partial charge >= 0.3 is 6.09 Å². The number of hydrogen-bond acceptors (Lipinski definition) is 3. The lowest BCUT2D eigenvalue weighted by atomic mass is 10.0. The first-order chi connectivity index (χ1) is 9.94. The molecule has 1 aliphatic rings. The van der Waals surface area contributed by atoms with E-state index in [1.807, 2.05) is 51.1 Å². The van der Waals surface area contributed by atoms with Crippen LogP contribution in [0.1, 0.15) is 45.2 Å². The molecule has 2 aromatic rings. The SMILES string of the molecule is CC(C)(C)OC(=O)n1cc(-c2ccccc2)c(C2CC2)n1. The van der Waals surface area contributed by atoms with Crippen LogP contribution in [-0.4, -0.2) is 21.5 Å². The van der Waals surface area contributed by atoms with Gasteiger partial charge < -0.3 is 4.74 Å². The first-order valence-electron chi connectivity index (χ1n) is 7.32. The minimum absolute atomic E-state index is 0.424. The minimum atomic E-state index is -0.518. The van der Waals surface area contributed by atoms with Gasteiger partial charge in [-0.2, -0.15) is 9.78 Å². The molecule has 4 heteroatoms. The molecule has 3 rings (SSSR count). The fourth-order valence-electron chi connectivity index (χ4n) is 2.29. The van der Waals surface area contributed by atoms with E-state index in [4.69, 9.17) is 4.74 Å². The van der Waals surface area contributed by atoms with Crippen molar-refractivity contribution in [2.45, 2.75) is 45.1 Å². The van der Waals surface area contributed by atoms with Crippen molar-refractivity contribution in [3.8, 4) is 11.1 Å². The molecule has 110 valence electrons. The predicted molar refractivity (Wildman–Crippen MR) is 81.3 cm³/mol. The molecule has 1 saturated carbocycles. The van der Waals surface area contributed by atoms with E-state index in [0.717, 1.165) is 29.7 Å². The van der Waals surface area contributed by atoms with Gasteiger partial charge in [0, 0.05) is 17.7 Å². The first kappa shape index (κ1) is 13.9. The lowest BCUT2D eigenvalue weighted by Crippen LogP contribution is -2.27. The molecule has 0 saturated heterocycles. The van der Waals surface area contributed by atoms with E-state index in [2.05, 4.69) is 5.10 Å². The summed E-state index contributed by atoms with van der Waals surface area (Å²) in [7, 11) is 0. The molecule has 1 aromatic heterocycles. The van der Waals surface area contributed by atoms with Crippen molar-refractivity contribution < 1.29 is 9.53 Å². The quantitative estimate of drug-likeness (QED) is 0.829. The van der Waals surface area contributed by atoms with Crippen molar-refractivity contribution in [3.63, 3.8) is 0 Å². The highest BCUT2D eigenvalue weighted by Gasteiger charge is 2.31. The van der Waals surface area contributed by atoms with Crippen LogP contribution in [0.2, 0.25) is 0 Å². The molecule has 1 fully saturated rings. The molecule has 1 aliphatic carbocycles. The van der Waals surface area contributed by atoms with E-state index >= 15 is 0 Å². The van der Waals surface area contributed by atoms with Crippen LogP contribution in [0.15, 0.2) is 36.5 Å². The molecule has 0 N–H and O–H groups in total. The van der Waals surface area contributed by atoms with Crippen molar-refractivity contribution in [2.75, 3.05) is 0 Å². The van der Waals surface area contributed by atoms with Crippen LogP contribution in [-0.2, 0) is 4.74 Å². The molecular weight excluding hydrogens is 264 g/mol. The number of benzene rings is 1. The highest BCUT2D eigenvalue weighted by molar-refractivity contribution is 5.74. The Bertz CT molecular complexity index is 649. The van der Waals surface area contributed by atoms with E-state index in [0.29, 0.717) is 5.92 Å². The molecule has 1 aromatic carbocycles. The van der Waals surface area contributed by atoms with Crippen molar-refractivity contribution in [2.24, 2.45) is 0 Å². The Morgan fingerprint density at radius 2 is 1.90 bits per heavy atom. The topological polar surface area (TPSA) is 44.1 Å². The molecule has 1 heterocycles. The molecule has 0 spiro atoms. The Labute approximate surface area is 124 Å². The normalized spacial score (nSPS) is 15.0. The molecule has 0 aliphatic heterocycles. The number of carbonyl (C=O) groups is 1. The second kappa shape index (κ2) is 5.02. The molecule has 21 heavy (non-hydrogen) atoms. The van der Waals surface area contributed by atoms with Crippen LogP contribution in [0.4, 0.5) is 4.79 Å². The first-order valence-corrected chi connectivity index (χ1v) is 7.32. The smallest absolute Gasteiger partial charge is 0.435 e. The van der Waals surface area contributed by atoms with Gasteiger partial charge in [-0.25, -0.2) is 4.79 Å². The maximum Gasteiger partial charge on any atom is 0.435 e. The van der Waals surface area contributed by atoms with Crippen LogP contribution >= 0.6 is 0 Å². The average Bonchev–Trinajstić information content (AvgIpc) is 3.16. The van der Waals surface area contributed by atoms with Crippen LogP contribution in [0, 0.1) is 0 Å². The Hall–Kier alpha value is -2.10. The summed E-state index contributed by atoms with van der Waals surface area (Å²) in [6, 6.07) is 10.1. The van der Waals surface area contributed by atoms with Crippen LogP contribution in [0.5, 0.6) is 0 Å². The molecule has 0 radical (unpaired) electrons. The number of nitrogens with zero attached hydrogens (tertiary/aromatic N) is 2. The van der Waals surface area contributed by atoms with Crippen LogP contribution < -0.4 is 0 Å². The number of hydrogen-bond donors (Lipinski definition) is 0. The second-order valence-electron chi connectivity index (χ2n) is 6.49. The fourth-order valence-corrected chi connectivity index (χ4v) is 2.29. The van der Waals surface area contributed by atoms with Gasteiger partial charge in [-0.15, -0.1) is 0 Å². The van der Waals surface area contributed by atoms with Gasteiger partial charge in [-0.05, 0) is 39.2 Å². The van der Waals surface area contributed by atoms with Crippen molar-refractivity contribution in [3.05, 3.63) is 42.2 Å². The minimum Gasteiger partial charge on any atom is -0.442 e. The van der Waals surface area contributed by atoms with Gasteiger partial charge in [0.1, 0.15) is 5.60 Å². The largest absolute Gasteiger partial charge is 0.442 e. The van der Waals surface area contributed by atoms with Crippen molar-refractivity contribution >= 4 is 6.09 Å². The number of rotatable bonds is 2. The third-order valence-electron chi connectivity index (χ3n) is 3.37. The van der Waals surface area contributed by atoms with Crippen molar-refractivity contribution in [1.82, 2.24) is 9.78 Å². The standard InChI is InChI=1S/C17H20N2O2/c1-17(2,3)21-16(20)19-11-14(12-7-5-4-6-8-12)15(18-19)13-9-10-13/h4-8,11,13H,9-10H2,1-3H3. The highest BCUT2D eigenvalue weighted by atomic mass is 16.6. The van der Waals surface area contributed by atoms with E-state index in [1.54, 1.807) is 6.20 Å². The molecule has 0 unspecified atom stereocenters. The third kappa shape index (κ3) is 3.15. The number of aromatic nitrogens is 2. The molecule has 0 amide bonds. The van der Waals surface area contributed by atoms with Gasteiger partial charge in [0.05, 0.1) is 5.69 Å². The summed E-state index contributed by atoms with van der Waals surface area (Å²) in [6.07, 6.45) is 3.65. The maximum atomic E-state index is 12.2. The van der Waals surface area contributed by atoms with Crippen LogP contribution in [0.25, 0.3) is 11.1 Å². The van der Waals surface area contributed by atoms with E-state index < -0.39 is 11.7 Å². The lowest BCUT2D eigenvalue weighted by molar-refractivity contribution is 0.0514. The summed E-state index contributed by atoms with van der Waals surface area (Å²) in [5, 5.41) is 4.47. The van der Waals surface area contributed by atoms with Gasteiger partial charge in [0.2, 0.25) is 0 Å². The van der Waals surface area contributed by atoms with E-state index in [1.165, 1.54) is 4.68 Å². The average molecular weight is 284 g/mol. The fraction of sp³-hybridized carbons (Fsp3) is 0.412. The Balaban J connectivity index is 1.96. The number of carbonyl (C=O) groups excluding carboxylic acids is 1. The zero-order valence-electron chi connectivity index (χ0n) is 12.7.